The summed E-state index contributed by atoms with van der Waals surface area (Å²) in [6.45, 7) is 3.22. The number of benzene rings is 1. The highest BCUT2D eigenvalue weighted by Gasteiger charge is 2.15. The van der Waals surface area contributed by atoms with Crippen molar-refractivity contribution in [2.75, 3.05) is 6.61 Å². The molecule has 3 heteroatoms. The van der Waals surface area contributed by atoms with Crippen LogP contribution in [0.25, 0.3) is 6.08 Å². The molecule has 0 aliphatic carbocycles. The molecule has 1 aromatic carbocycles. The third kappa shape index (κ3) is 3.47. The topological polar surface area (TPSA) is 60.7 Å². The molecule has 0 aliphatic rings. The Morgan fingerprint density at radius 3 is 2.20 bits per heavy atom. The van der Waals surface area contributed by atoms with E-state index in [0.717, 1.165) is 11.1 Å². The Balaban J connectivity index is 2.60. The second kappa shape index (κ2) is 5.66. The molecule has 1 aromatic rings. The van der Waals surface area contributed by atoms with Crippen LogP contribution in [-0.4, -0.2) is 34.1 Å². The van der Waals surface area contributed by atoms with Gasteiger partial charge in [-0.15, -0.1) is 0 Å². The smallest absolute Gasteiger partial charge is 0.103 e. The molecule has 0 aromatic heterocycles. The largest absolute Gasteiger partial charge is 0.394 e. The van der Waals surface area contributed by atoms with Gasteiger partial charge < -0.3 is 15.3 Å². The minimum Gasteiger partial charge on any atom is -0.394 e. The van der Waals surface area contributed by atoms with Crippen molar-refractivity contribution in [3.05, 3.63) is 42.0 Å². The summed E-state index contributed by atoms with van der Waals surface area (Å²) in [4.78, 5) is 0. The van der Waals surface area contributed by atoms with Crippen molar-refractivity contribution in [1.82, 2.24) is 0 Å². The van der Waals surface area contributed by atoms with E-state index < -0.39 is 18.8 Å². The van der Waals surface area contributed by atoms with Crippen molar-refractivity contribution in [2.24, 2.45) is 0 Å². The highest BCUT2D eigenvalue weighted by atomic mass is 16.4. The molecule has 3 nitrogen and oxygen atoms in total. The predicted molar refractivity (Wildman–Crippen MR) is 59.3 cm³/mol. The molecule has 2 unspecified atom stereocenters. The standard InChI is InChI=1S/C12H16O3/c1-2-9-3-5-10(6-4-9)7-11(14)12(15)8-13/h2-6,11-15H,1,7-8H2. The molecule has 82 valence electrons. The maximum atomic E-state index is 9.47. The SMILES string of the molecule is C=Cc1ccc(CC(O)C(O)CO)cc1. The van der Waals surface area contributed by atoms with Crippen LogP contribution in [0.3, 0.4) is 0 Å². The number of rotatable bonds is 5. The number of aliphatic hydroxyl groups excluding tert-OH is 3. The number of hydrogen-bond donors (Lipinski definition) is 3. The van der Waals surface area contributed by atoms with Crippen LogP contribution in [0.2, 0.25) is 0 Å². The molecular weight excluding hydrogens is 192 g/mol. The van der Waals surface area contributed by atoms with Gasteiger partial charge in [0.1, 0.15) is 6.10 Å². The zero-order valence-electron chi connectivity index (χ0n) is 8.50. The van der Waals surface area contributed by atoms with Gasteiger partial charge in [0.05, 0.1) is 12.7 Å². The van der Waals surface area contributed by atoms with Crippen molar-refractivity contribution in [2.45, 2.75) is 18.6 Å². The lowest BCUT2D eigenvalue weighted by Crippen LogP contribution is -2.31. The van der Waals surface area contributed by atoms with Crippen molar-refractivity contribution in [3.63, 3.8) is 0 Å². The second-order valence-corrected chi connectivity index (χ2v) is 3.47. The van der Waals surface area contributed by atoms with Gasteiger partial charge in [0.15, 0.2) is 0 Å². The fourth-order valence-electron chi connectivity index (χ4n) is 1.29. The first-order chi connectivity index (χ1) is 7.17. The molecule has 2 atom stereocenters. The zero-order valence-corrected chi connectivity index (χ0v) is 8.50. The monoisotopic (exact) mass is 208 g/mol. The Bertz CT molecular complexity index is 305. The molecular formula is C12H16O3. The van der Waals surface area contributed by atoms with Crippen LogP contribution in [0.5, 0.6) is 0 Å². The van der Waals surface area contributed by atoms with Crippen molar-refractivity contribution >= 4 is 6.08 Å². The Morgan fingerprint density at radius 2 is 1.73 bits per heavy atom. The van der Waals surface area contributed by atoms with Gasteiger partial charge in [-0.1, -0.05) is 36.9 Å². The fraction of sp³-hybridized carbons (Fsp3) is 0.333. The van der Waals surface area contributed by atoms with E-state index in [2.05, 4.69) is 6.58 Å². The van der Waals surface area contributed by atoms with Crippen LogP contribution in [0.1, 0.15) is 11.1 Å². The van der Waals surface area contributed by atoms with E-state index in [1.165, 1.54) is 0 Å². The van der Waals surface area contributed by atoms with E-state index in [-0.39, 0.29) is 0 Å². The lowest BCUT2D eigenvalue weighted by atomic mass is 10.0. The maximum Gasteiger partial charge on any atom is 0.103 e. The molecule has 0 fully saturated rings. The molecule has 1 rings (SSSR count). The summed E-state index contributed by atoms with van der Waals surface area (Å²) in [5.41, 5.74) is 1.93. The van der Waals surface area contributed by atoms with Gasteiger partial charge >= 0.3 is 0 Å². The zero-order chi connectivity index (χ0) is 11.3. The van der Waals surface area contributed by atoms with Gasteiger partial charge in [0.25, 0.3) is 0 Å². The summed E-state index contributed by atoms with van der Waals surface area (Å²) >= 11 is 0. The molecule has 0 heterocycles. The molecule has 0 bridgehead atoms. The second-order valence-electron chi connectivity index (χ2n) is 3.47. The first-order valence-electron chi connectivity index (χ1n) is 4.85. The van der Waals surface area contributed by atoms with Crippen LogP contribution >= 0.6 is 0 Å². The van der Waals surface area contributed by atoms with Gasteiger partial charge in [-0.25, -0.2) is 0 Å². The Morgan fingerprint density at radius 1 is 1.13 bits per heavy atom. The Kier molecular flexibility index (Phi) is 4.49. The minimum absolute atomic E-state index is 0.332. The van der Waals surface area contributed by atoms with Crippen molar-refractivity contribution < 1.29 is 15.3 Å². The average molecular weight is 208 g/mol. The normalized spacial score (nSPS) is 14.6. The average Bonchev–Trinajstić information content (AvgIpc) is 2.29. The van der Waals surface area contributed by atoms with E-state index in [1.54, 1.807) is 6.08 Å². The summed E-state index contributed by atoms with van der Waals surface area (Å²) in [6, 6.07) is 7.51. The first-order valence-corrected chi connectivity index (χ1v) is 4.85. The number of aliphatic hydroxyl groups is 3. The van der Waals surface area contributed by atoms with E-state index in [1.807, 2.05) is 24.3 Å². The van der Waals surface area contributed by atoms with Crippen LogP contribution < -0.4 is 0 Å². The molecule has 0 radical (unpaired) electrons. The van der Waals surface area contributed by atoms with Crippen LogP contribution in [-0.2, 0) is 6.42 Å². The summed E-state index contributed by atoms with van der Waals surface area (Å²) in [5.74, 6) is 0. The molecule has 0 spiro atoms. The predicted octanol–water partition coefficient (Wildman–Crippen LogP) is 0.586. The maximum absolute atomic E-state index is 9.47. The first kappa shape index (κ1) is 11.9. The molecule has 0 amide bonds. The Hall–Kier alpha value is -1.16. The highest BCUT2D eigenvalue weighted by Crippen LogP contribution is 2.09. The third-order valence-electron chi connectivity index (χ3n) is 2.29. The highest BCUT2D eigenvalue weighted by molar-refractivity contribution is 5.47. The molecule has 3 N–H and O–H groups in total. The Labute approximate surface area is 89.3 Å². The fourth-order valence-corrected chi connectivity index (χ4v) is 1.29. The van der Waals surface area contributed by atoms with E-state index in [4.69, 9.17) is 5.11 Å². The summed E-state index contributed by atoms with van der Waals surface area (Å²) in [6.07, 6.45) is 0.0655. The van der Waals surface area contributed by atoms with E-state index in [0.29, 0.717) is 6.42 Å². The van der Waals surface area contributed by atoms with Crippen LogP contribution in [0.15, 0.2) is 30.8 Å². The molecule has 0 saturated carbocycles. The van der Waals surface area contributed by atoms with Gasteiger partial charge in [-0.2, -0.15) is 0 Å². The van der Waals surface area contributed by atoms with Gasteiger partial charge in [-0.3, -0.25) is 0 Å². The van der Waals surface area contributed by atoms with Crippen molar-refractivity contribution in [1.29, 1.82) is 0 Å². The minimum atomic E-state index is -1.08. The van der Waals surface area contributed by atoms with Crippen LogP contribution in [0.4, 0.5) is 0 Å². The molecule has 0 aliphatic heterocycles. The van der Waals surface area contributed by atoms with Crippen LogP contribution in [0, 0.1) is 0 Å². The van der Waals surface area contributed by atoms with Crippen molar-refractivity contribution in [3.8, 4) is 0 Å². The quantitative estimate of drug-likeness (QED) is 0.663. The summed E-state index contributed by atoms with van der Waals surface area (Å²) < 4.78 is 0. The lowest BCUT2D eigenvalue weighted by Gasteiger charge is -2.15. The summed E-state index contributed by atoms with van der Waals surface area (Å²) in [7, 11) is 0. The summed E-state index contributed by atoms with van der Waals surface area (Å²) in [5, 5.41) is 27.3. The molecule has 0 saturated heterocycles. The lowest BCUT2D eigenvalue weighted by molar-refractivity contribution is -0.0132. The third-order valence-corrected chi connectivity index (χ3v) is 2.29. The van der Waals surface area contributed by atoms with E-state index in [9.17, 15) is 10.2 Å². The number of hydrogen-bond acceptors (Lipinski definition) is 3. The van der Waals surface area contributed by atoms with Gasteiger partial charge in [-0.05, 0) is 11.1 Å². The van der Waals surface area contributed by atoms with Gasteiger partial charge in [0, 0.05) is 6.42 Å². The molecule has 15 heavy (non-hydrogen) atoms. The van der Waals surface area contributed by atoms with Gasteiger partial charge in [0.2, 0.25) is 0 Å². The van der Waals surface area contributed by atoms with E-state index >= 15 is 0 Å².